The van der Waals surface area contributed by atoms with Crippen LogP contribution in [0.2, 0.25) is 0 Å². The van der Waals surface area contributed by atoms with Gasteiger partial charge in [0.05, 0.1) is 11.4 Å². The van der Waals surface area contributed by atoms with Crippen LogP contribution in [0.4, 0.5) is 4.39 Å². The number of halogens is 1. The van der Waals surface area contributed by atoms with Gasteiger partial charge in [-0.1, -0.05) is 36.4 Å². The molecule has 5 heteroatoms. The van der Waals surface area contributed by atoms with Gasteiger partial charge in [0.2, 0.25) is 5.91 Å². The van der Waals surface area contributed by atoms with Crippen LogP contribution in [0.5, 0.6) is 0 Å². The van der Waals surface area contributed by atoms with Crippen LogP contribution in [-0.2, 0) is 17.6 Å². The van der Waals surface area contributed by atoms with Gasteiger partial charge < -0.3 is 9.72 Å². The first-order chi connectivity index (χ1) is 15.1. The molecular weight excluding hydrogens is 389 g/mol. The number of imidazole rings is 1. The molecule has 4 nitrogen and oxygen atoms in total. The largest absolute Gasteiger partial charge is 0.354 e. The Morgan fingerprint density at radius 2 is 1.74 bits per heavy atom. The lowest BCUT2D eigenvalue weighted by Gasteiger charge is -2.14. The molecule has 4 aromatic rings. The highest BCUT2D eigenvalue weighted by molar-refractivity contribution is 5.77. The Labute approximate surface area is 181 Å². The lowest BCUT2D eigenvalue weighted by Crippen LogP contribution is -2.33. The normalized spacial score (nSPS) is 12.1. The van der Waals surface area contributed by atoms with Crippen LogP contribution in [0.1, 0.15) is 31.0 Å². The minimum absolute atomic E-state index is 0.0245. The number of rotatable bonds is 8. The number of pyridine rings is 1. The third-order valence-electron chi connectivity index (χ3n) is 5.45. The molecule has 1 atom stereocenters. The number of hydrogen-bond acceptors (Lipinski definition) is 2. The second-order valence-corrected chi connectivity index (χ2v) is 7.84. The van der Waals surface area contributed by atoms with Crippen molar-refractivity contribution < 1.29 is 9.18 Å². The van der Waals surface area contributed by atoms with Gasteiger partial charge >= 0.3 is 0 Å². The molecule has 2 aromatic carbocycles. The summed E-state index contributed by atoms with van der Waals surface area (Å²) in [6, 6.07) is 22.5. The number of aryl methyl sites for hydroxylation is 2. The molecule has 0 radical (unpaired) electrons. The lowest BCUT2D eigenvalue weighted by atomic mass is 10.1. The number of aromatic nitrogens is 2. The molecule has 0 spiro atoms. The second kappa shape index (κ2) is 9.56. The minimum atomic E-state index is -0.280. The van der Waals surface area contributed by atoms with Crippen molar-refractivity contribution in [3.63, 3.8) is 0 Å². The van der Waals surface area contributed by atoms with E-state index in [2.05, 4.69) is 17.4 Å². The van der Waals surface area contributed by atoms with Crippen LogP contribution in [0.15, 0.2) is 79.0 Å². The van der Waals surface area contributed by atoms with Crippen molar-refractivity contribution in [1.29, 1.82) is 0 Å². The SMILES string of the molecule is CC(CCc1ccccc1)NC(=O)CCc1c(-c2ccc(F)cc2)nc2ccccn12. The van der Waals surface area contributed by atoms with Gasteiger partial charge in [-0.15, -0.1) is 0 Å². The van der Waals surface area contributed by atoms with Gasteiger partial charge in [-0.3, -0.25) is 4.79 Å². The molecule has 0 saturated heterocycles. The molecule has 0 saturated carbocycles. The standard InChI is InChI=1S/C26H26FN3O/c1-19(10-11-20-7-3-2-4-8-20)28-25(31)17-16-23-26(21-12-14-22(27)15-13-21)29-24-9-5-6-18-30(23)24/h2-9,12-15,18-19H,10-11,16-17H2,1H3,(H,28,31). The van der Waals surface area contributed by atoms with Gasteiger partial charge in [0.15, 0.2) is 0 Å². The molecule has 4 rings (SSSR count). The molecule has 31 heavy (non-hydrogen) atoms. The van der Waals surface area contributed by atoms with E-state index in [9.17, 15) is 9.18 Å². The average molecular weight is 416 g/mol. The lowest BCUT2D eigenvalue weighted by molar-refractivity contribution is -0.121. The van der Waals surface area contributed by atoms with Gasteiger partial charge in [-0.25, -0.2) is 9.37 Å². The fourth-order valence-corrected chi connectivity index (χ4v) is 3.80. The van der Waals surface area contributed by atoms with Crippen molar-refractivity contribution in [3.05, 3.63) is 96.1 Å². The van der Waals surface area contributed by atoms with E-state index >= 15 is 0 Å². The number of fused-ring (bicyclic) bond motifs is 1. The Kier molecular flexibility index (Phi) is 6.41. The molecule has 158 valence electrons. The third kappa shape index (κ3) is 5.18. The number of benzene rings is 2. The summed E-state index contributed by atoms with van der Waals surface area (Å²) in [6.45, 7) is 2.04. The minimum Gasteiger partial charge on any atom is -0.354 e. The van der Waals surface area contributed by atoms with Gasteiger partial charge in [0, 0.05) is 24.2 Å². The zero-order valence-corrected chi connectivity index (χ0v) is 17.6. The van der Waals surface area contributed by atoms with Crippen molar-refractivity contribution in [1.82, 2.24) is 14.7 Å². The number of hydrogen-bond donors (Lipinski definition) is 1. The van der Waals surface area contributed by atoms with E-state index in [-0.39, 0.29) is 17.8 Å². The molecule has 0 bridgehead atoms. The van der Waals surface area contributed by atoms with Crippen molar-refractivity contribution >= 4 is 11.6 Å². The Morgan fingerprint density at radius 3 is 2.52 bits per heavy atom. The molecule has 1 N–H and O–H groups in total. The molecule has 0 aliphatic carbocycles. The topological polar surface area (TPSA) is 46.4 Å². The third-order valence-corrected chi connectivity index (χ3v) is 5.45. The van der Waals surface area contributed by atoms with Crippen molar-refractivity contribution in [2.45, 2.75) is 38.6 Å². The van der Waals surface area contributed by atoms with E-state index in [0.29, 0.717) is 12.8 Å². The van der Waals surface area contributed by atoms with Crippen molar-refractivity contribution in [2.24, 2.45) is 0 Å². The van der Waals surface area contributed by atoms with Crippen molar-refractivity contribution in [3.8, 4) is 11.3 Å². The van der Waals surface area contributed by atoms with Crippen LogP contribution < -0.4 is 5.32 Å². The fourth-order valence-electron chi connectivity index (χ4n) is 3.80. The van der Waals surface area contributed by atoms with Crippen LogP contribution in [-0.4, -0.2) is 21.3 Å². The van der Waals surface area contributed by atoms with E-state index in [1.165, 1.54) is 17.7 Å². The Balaban J connectivity index is 1.42. The van der Waals surface area contributed by atoms with Crippen molar-refractivity contribution in [2.75, 3.05) is 0 Å². The van der Waals surface area contributed by atoms with E-state index in [0.717, 1.165) is 35.4 Å². The number of carbonyl (C=O) groups is 1. The number of amides is 1. The summed E-state index contributed by atoms with van der Waals surface area (Å²) < 4.78 is 15.4. The summed E-state index contributed by atoms with van der Waals surface area (Å²) in [5.74, 6) is -0.255. The van der Waals surface area contributed by atoms with E-state index in [1.54, 1.807) is 12.1 Å². The first-order valence-corrected chi connectivity index (χ1v) is 10.7. The summed E-state index contributed by atoms with van der Waals surface area (Å²) >= 11 is 0. The summed E-state index contributed by atoms with van der Waals surface area (Å²) in [7, 11) is 0. The van der Waals surface area contributed by atoms with Gasteiger partial charge in [0.25, 0.3) is 0 Å². The Morgan fingerprint density at radius 1 is 1.00 bits per heavy atom. The maximum absolute atomic E-state index is 13.4. The smallest absolute Gasteiger partial charge is 0.220 e. The van der Waals surface area contributed by atoms with E-state index < -0.39 is 0 Å². The first kappa shape index (κ1) is 20.8. The zero-order chi connectivity index (χ0) is 21.6. The monoisotopic (exact) mass is 415 g/mol. The second-order valence-electron chi connectivity index (χ2n) is 7.84. The highest BCUT2D eigenvalue weighted by Crippen LogP contribution is 2.26. The molecular formula is C26H26FN3O. The summed E-state index contributed by atoms with van der Waals surface area (Å²) in [5, 5.41) is 3.11. The van der Waals surface area contributed by atoms with Crippen LogP contribution >= 0.6 is 0 Å². The maximum atomic E-state index is 13.4. The predicted molar refractivity (Wildman–Crippen MR) is 121 cm³/mol. The number of nitrogens with one attached hydrogen (secondary N) is 1. The summed E-state index contributed by atoms with van der Waals surface area (Å²) in [6.07, 6.45) is 4.70. The van der Waals surface area contributed by atoms with Crippen LogP contribution in [0.3, 0.4) is 0 Å². The highest BCUT2D eigenvalue weighted by Gasteiger charge is 2.16. The summed E-state index contributed by atoms with van der Waals surface area (Å²) in [5.41, 5.74) is 4.67. The molecule has 1 unspecified atom stereocenters. The Hall–Kier alpha value is -3.47. The molecule has 0 aliphatic heterocycles. The molecule has 2 aromatic heterocycles. The number of carbonyl (C=O) groups excluding carboxylic acids is 1. The molecule has 2 heterocycles. The van der Waals surface area contributed by atoms with E-state index in [1.807, 2.05) is 53.9 Å². The fraction of sp³-hybridized carbons (Fsp3) is 0.231. The highest BCUT2D eigenvalue weighted by atomic mass is 19.1. The zero-order valence-electron chi connectivity index (χ0n) is 17.6. The van der Waals surface area contributed by atoms with Gasteiger partial charge in [-0.05, 0) is 68.1 Å². The quantitative estimate of drug-likeness (QED) is 0.429. The van der Waals surface area contributed by atoms with Gasteiger partial charge in [-0.2, -0.15) is 0 Å². The molecule has 0 aliphatic rings. The molecule has 0 fully saturated rings. The van der Waals surface area contributed by atoms with E-state index in [4.69, 9.17) is 4.98 Å². The first-order valence-electron chi connectivity index (χ1n) is 10.7. The average Bonchev–Trinajstić information content (AvgIpc) is 3.16. The number of nitrogens with zero attached hydrogens (tertiary/aromatic N) is 2. The maximum Gasteiger partial charge on any atom is 0.220 e. The van der Waals surface area contributed by atoms with Crippen LogP contribution in [0.25, 0.3) is 16.9 Å². The predicted octanol–water partition coefficient (Wildman–Crippen LogP) is 5.21. The van der Waals surface area contributed by atoms with Gasteiger partial charge in [0.1, 0.15) is 11.5 Å². The van der Waals surface area contributed by atoms with Crippen LogP contribution in [0, 0.1) is 5.82 Å². The Bertz CT molecular complexity index is 1150. The summed E-state index contributed by atoms with van der Waals surface area (Å²) in [4.78, 5) is 17.3. The molecule has 1 amide bonds.